The summed E-state index contributed by atoms with van der Waals surface area (Å²) in [6, 6.07) is 4.02. The van der Waals surface area contributed by atoms with Crippen molar-refractivity contribution in [3.63, 3.8) is 0 Å². The van der Waals surface area contributed by atoms with Crippen LogP contribution in [-0.4, -0.2) is 35.7 Å². The molecular formula is C19H32N4O. The molecule has 1 aliphatic carbocycles. The van der Waals surface area contributed by atoms with Crippen molar-refractivity contribution in [2.45, 2.75) is 58.9 Å². The van der Waals surface area contributed by atoms with Crippen molar-refractivity contribution >= 4 is 5.96 Å². The van der Waals surface area contributed by atoms with Crippen molar-refractivity contribution in [2.24, 2.45) is 10.4 Å². The van der Waals surface area contributed by atoms with Crippen LogP contribution in [0, 0.1) is 12.3 Å². The first-order valence-electron chi connectivity index (χ1n) is 9.23. The van der Waals surface area contributed by atoms with Gasteiger partial charge in [-0.05, 0) is 50.2 Å². The van der Waals surface area contributed by atoms with Crippen molar-refractivity contribution in [1.82, 2.24) is 15.6 Å². The molecule has 134 valence electrons. The molecule has 0 spiro atoms. The molecule has 0 atom stereocenters. The lowest BCUT2D eigenvalue weighted by molar-refractivity contribution is 0.131. The van der Waals surface area contributed by atoms with Crippen molar-refractivity contribution in [3.05, 3.63) is 29.6 Å². The Hall–Kier alpha value is -1.62. The predicted molar refractivity (Wildman–Crippen MR) is 99.0 cm³/mol. The van der Waals surface area contributed by atoms with E-state index in [1.165, 1.54) is 37.7 Å². The first-order valence-corrected chi connectivity index (χ1v) is 9.23. The molecule has 24 heavy (non-hydrogen) atoms. The fourth-order valence-electron chi connectivity index (χ4n) is 3.50. The summed E-state index contributed by atoms with van der Waals surface area (Å²) in [7, 11) is 0. The summed E-state index contributed by atoms with van der Waals surface area (Å²) in [6.07, 6.45) is 8.93. The molecule has 3 N–H and O–H groups in total. The van der Waals surface area contributed by atoms with Crippen molar-refractivity contribution in [1.29, 1.82) is 0 Å². The summed E-state index contributed by atoms with van der Waals surface area (Å²) in [5.74, 6) is 0.838. The van der Waals surface area contributed by atoms with Crippen LogP contribution in [0.2, 0.25) is 0 Å². The molecule has 0 radical (unpaired) electrons. The zero-order valence-corrected chi connectivity index (χ0v) is 15.1. The number of rotatable bonds is 7. The second-order valence-electron chi connectivity index (χ2n) is 6.85. The number of pyridine rings is 1. The summed E-state index contributed by atoms with van der Waals surface area (Å²) in [4.78, 5) is 9.10. The maximum atomic E-state index is 9.45. The molecule has 1 heterocycles. The Bertz CT molecular complexity index is 518. The zero-order valence-electron chi connectivity index (χ0n) is 15.1. The highest BCUT2D eigenvalue weighted by molar-refractivity contribution is 5.79. The molecule has 1 saturated carbocycles. The molecule has 0 saturated heterocycles. The fraction of sp³-hybridized carbons (Fsp3) is 0.684. The third-order valence-electron chi connectivity index (χ3n) is 5.04. The first-order chi connectivity index (χ1) is 11.7. The Kier molecular flexibility index (Phi) is 7.50. The number of guanidine groups is 1. The average molecular weight is 332 g/mol. The van der Waals surface area contributed by atoms with Crippen LogP contribution in [0.1, 0.15) is 56.7 Å². The topological polar surface area (TPSA) is 69.5 Å². The van der Waals surface area contributed by atoms with Gasteiger partial charge in [0, 0.05) is 25.9 Å². The Balaban J connectivity index is 1.99. The van der Waals surface area contributed by atoms with E-state index >= 15 is 0 Å². The predicted octanol–water partition coefficient (Wildman–Crippen LogP) is 2.78. The van der Waals surface area contributed by atoms with Gasteiger partial charge in [-0.3, -0.25) is 4.98 Å². The number of aliphatic hydroxyl groups excluding tert-OH is 1. The highest BCUT2D eigenvalue weighted by atomic mass is 16.3. The molecule has 5 nitrogen and oxygen atoms in total. The minimum absolute atomic E-state index is 0.212. The number of aliphatic hydroxyl groups is 1. The second kappa shape index (κ2) is 9.62. The molecule has 1 aromatic rings. The number of nitrogens with zero attached hydrogens (tertiary/aromatic N) is 2. The highest BCUT2D eigenvalue weighted by Crippen LogP contribution is 2.38. The van der Waals surface area contributed by atoms with Gasteiger partial charge < -0.3 is 15.7 Å². The molecule has 0 aromatic carbocycles. The average Bonchev–Trinajstić information content (AvgIpc) is 2.60. The van der Waals surface area contributed by atoms with E-state index in [1.54, 1.807) is 0 Å². The molecule has 1 fully saturated rings. The lowest BCUT2D eigenvalue weighted by Gasteiger charge is -2.37. The molecular weight excluding hydrogens is 300 g/mol. The van der Waals surface area contributed by atoms with E-state index in [-0.39, 0.29) is 12.0 Å². The SMILES string of the molecule is CCNC(=NCc1ncccc1C)NCC1(CCO)CCCCC1. The molecule has 1 aliphatic rings. The standard InChI is InChI=1S/C19H32N4O/c1-3-20-18(22-14-17-16(2)8-7-12-21-17)23-15-19(11-13-24)9-5-4-6-10-19/h7-8,12,24H,3-6,9-11,13-15H2,1-2H3,(H2,20,22,23). The largest absolute Gasteiger partial charge is 0.396 e. The van der Waals surface area contributed by atoms with Gasteiger partial charge in [-0.1, -0.05) is 25.3 Å². The fourth-order valence-corrected chi connectivity index (χ4v) is 3.50. The molecule has 1 aromatic heterocycles. The maximum absolute atomic E-state index is 9.45. The zero-order chi connectivity index (χ0) is 17.3. The van der Waals surface area contributed by atoms with Gasteiger partial charge >= 0.3 is 0 Å². The smallest absolute Gasteiger partial charge is 0.191 e. The number of hydrogen-bond donors (Lipinski definition) is 3. The molecule has 5 heteroatoms. The Morgan fingerprint density at radius 2 is 2.08 bits per heavy atom. The third-order valence-corrected chi connectivity index (χ3v) is 5.04. The van der Waals surface area contributed by atoms with Crippen molar-refractivity contribution in [3.8, 4) is 0 Å². The van der Waals surface area contributed by atoms with E-state index in [2.05, 4.69) is 40.5 Å². The van der Waals surface area contributed by atoms with E-state index in [9.17, 15) is 5.11 Å². The van der Waals surface area contributed by atoms with Crippen LogP contribution in [0.5, 0.6) is 0 Å². The van der Waals surface area contributed by atoms with Gasteiger partial charge in [0.25, 0.3) is 0 Å². The van der Waals surface area contributed by atoms with Crippen LogP contribution < -0.4 is 10.6 Å². The highest BCUT2D eigenvalue weighted by Gasteiger charge is 2.31. The summed E-state index contributed by atoms with van der Waals surface area (Å²) in [5, 5.41) is 16.3. The van der Waals surface area contributed by atoms with Gasteiger partial charge in [0.1, 0.15) is 0 Å². The van der Waals surface area contributed by atoms with Crippen molar-refractivity contribution in [2.75, 3.05) is 19.7 Å². The molecule has 0 unspecified atom stereocenters. The van der Waals surface area contributed by atoms with E-state index in [0.29, 0.717) is 6.54 Å². The van der Waals surface area contributed by atoms with Crippen LogP contribution >= 0.6 is 0 Å². The number of aryl methyl sites for hydroxylation is 1. The van der Waals surface area contributed by atoms with E-state index < -0.39 is 0 Å². The lowest BCUT2D eigenvalue weighted by Crippen LogP contribution is -2.45. The molecule has 0 aliphatic heterocycles. The summed E-state index contributed by atoms with van der Waals surface area (Å²) < 4.78 is 0. The second-order valence-corrected chi connectivity index (χ2v) is 6.85. The number of hydrogen-bond acceptors (Lipinski definition) is 3. The quantitative estimate of drug-likeness (QED) is 0.530. The number of aliphatic imine (C=N–C) groups is 1. The Morgan fingerprint density at radius 1 is 1.29 bits per heavy atom. The van der Waals surface area contributed by atoms with Gasteiger partial charge in [0.2, 0.25) is 0 Å². The van der Waals surface area contributed by atoms with Crippen LogP contribution in [0.3, 0.4) is 0 Å². The lowest BCUT2D eigenvalue weighted by atomic mass is 9.72. The minimum atomic E-state index is 0.212. The van der Waals surface area contributed by atoms with Gasteiger partial charge in [0.15, 0.2) is 5.96 Å². The van der Waals surface area contributed by atoms with E-state index in [0.717, 1.165) is 31.2 Å². The summed E-state index contributed by atoms with van der Waals surface area (Å²) in [5.41, 5.74) is 2.39. The third kappa shape index (κ3) is 5.48. The minimum Gasteiger partial charge on any atom is -0.396 e. The van der Waals surface area contributed by atoms with Crippen LogP contribution in [0.4, 0.5) is 0 Å². The van der Waals surface area contributed by atoms with Gasteiger partial charge in [-0.15, -0.1) is 0 Å². The Labute approximate surface area is 146 Å². The first kappa shape index (κ1) is 18.7. The number of aromatic nitrogens is 1. The van der Waals surface area contributed by atoms with E-state index in [4.69, 9.17) is 0 Å². The maximum Gasteiger partial charge on any atom is 0.191 e. The van der Waals surface area contributed by atoms with Gasteiger partial charge in [0.05, 0.1) is 12.2 Å². The Morgan fingerprint density at radius 3 is 2.75 bits per heavy atom. The summed E-state index contributed by atoms with van der Waals surface area (Å²) in [6.45, 7) is 6.70. The van der Waals surface area contributed by atoms with Crippen molar-refractivity contribution < 1.29 is 5.11 Å². The normalized spacial score (nSPS) is 17.5. The van der Waals surface area contributed by atoms with E-state index in [1.807, 2.05) is 12.3 Å². The van der Waals surface area contributed by atoms with Crippen LogP contribution in [-0.2, 0) is 6.54 Å². The monoisotopic (exact) mass is 332 g/mol. The van der Waals surface area contributed by atoms with Crippen LogP contribution in [0.25, 0.3) is 0 Å². The summed E-state index contributed by atoms with van der Waals surface area (Å²) >= 11 is 0. The molecule has 2 rings (SSSR count). The van der Waals surface area contributed by atoms with Crippen LogP contribution in [0.15, 0.2) is 23.3 Å². The van der Waals surface area contributed by atoms with Gasteiger partial charge in [-0.25, -0.2) is 4.99 Å². The molecule has 0 amide bonds. The molecule has 0 bridgehead atoms. The number of nitrogens with one attached hydrogen (secondary N) is 2. The van der Waals surface area contributed by atoms with Gasteiger partial charge in [-0.2, -0.15) is 0 Å².